The minimum Gasteiger partial charge on any atom is -0.744 e. The van der Waals surface area contributed by atoms with Crippen molar-refractivity contribution in [2.24, 2.45) is 0 Å². The Morgan fingerprint density at radius 3 is 2.18 bits per heavy atom. The van der Waals surface area contributed by atoms with Crippen LogP contribution in [0.25, 0.3) is 0 Å². The van der Waals surface area contributed by atoms with E-state index in [2.05, 4.69) is 50.3 Å². The maximum Gasteiger partial charge on any atom is 0.243 e. The predicted octanol–water partition coefficient (Wildman–Crippen LogP) is 2.46. The van der Waals surface area contributed by atoms with E-state index in [1.807, 2.05) is 13.0 Å². The monoisotopic (exact) mass is 404 g/mol. The summed E-state index contributed by atoms with van der Waals surface area (Å²) in [6, 6.07) is 16.2. The molecule has 28 heavy (non-hydrogen) atoms. The predicted molar refractivity (Wildman–Crippen MR) is 109 cm³/mol. The largest absolute Gasteiger partial charge is 0.744 e. The number of carbonyl (C=O) groups is 1. The molecule has 0 aliphatic carbocycles. The molecular formula is C21H28N2O4S. The first-order valence-electron chi connectivity index (χ1n) is 8.82. The number of quaternary nitrogens is 1. The van der Waals surface area contributed by atoms with E-state index in [9.17, 15) is 17.8 Å². The lowest BCUT2D eigenvalue weighted by Crippen LogP contribution is -2.44. The highest BCUT2D eigenvalue weighted by atomic mass is 32.2. The third kappa shape index (κ3) is 9.45. The van der Waals surface area contributed by atoms with Crippen LogP contribution in [0.15, 0.2) is 72.1 Å². The summed E-state index contributed by atoms with van der Waals surface area (Å²) in [5.41, 5.74) is 2.24. The number of nitrogens with zero attached hydrogens (tertiary/aromatic N) is 1. The van der Waals surface area contributed by atoms with Gasteiger partial charge in [0, 0.05) is 5.56 Å². The number of likely N-dealkylation sites (N-methyl/N-ethyl adjacent to an activating group) is 1. The second-order valence-electron chi connectivity index (χ2n) is 7.07. The van der Waals surface area contributed by atoms with Gasteiger partial charge in [-0.3, -0.25) is 4.79 Å². The van der Waals surface area contributed by atoms with Gasteiger partial charge in [-0.1, -0.05) is 54.6 Å². The van der Waals surface area contributed by atoms with Gasteiger partial charge < -0.3 is 14.4 Å². The van der Waals surface area contributed by atoms with Crippen molar-refractivity contribution < 1.29 is 22.2 Å². The highest BCUT2D eigenvalue weighted by Crippen LogP contribution is 2.09. The molecule has 0 bridgehead atoms. The molecule has 0 aromatic heterocycles. The lowest BCUT2D eigenvalue weighted by atomic mass is 10.2. The number of aryl methyl sites for hydroxylation is 1. The Bertz CT molecular complexity index is 861. The SMILES string of the molecule is C=CC(=O)NCC[N+](C)(C)Cc1ccccc1.Cc1ccc(S(=O)(=O)[O-])cc1. The van der Waals surface area contributed by atoms with Crippen LogP contribution >= 0.6 is 0 Å². The van der Waals surface area contributed by atoms with E-state index in [4.69, 9.17) is 0 Å². The minimum atomic E-state index is -4.27. The number of rotatable bonds is 7. The average Bonchev–Trinajstić information content (AvgIpc) is 2.62. The summed E-state index contributed by atoms with van der Waals surface area (Å²) in [4.78, 5) is 10.8. The summed E-state index contributed by atoms with van der Waals surface area (Å²) >= 11 is 0. The van der Waals surface area contributed by atoms with Crippen molar-refractivity contribution in [1.82, 2.24) is 5.32 Å². The van der Waals surface area contributed by atoms with Crippen LogP contribution in [-0.2, 0) is 21.5 Å². The van der Waals surface area contributed by atoms with Crippen molar-refractivity contribution in [2.45, 2.75) is 18.4 Å². The molecule has 2 aromatic rings. The summed E-state index contributed by atoms with van der Waals surface area (Å²) < 4.78 is 32.0. The number of hydrogen-bond donors (Lipinski definition) is 1. The first kappa shape index (κ1) is 23.6. The third-order valence-corrected chi connectivity index (χ3v) is 4.81. The molecule has 0 radical (unpaired) electrons. The van der Waals surface area contributed by atoms with Crippen LogP contribution in [0.5, 0.6) is 0 Å². The number of amides is 1. The van der Waals surface area contributed by atoms with Gasteiger partial charge in [0.25, 0.3) is 0 Å². The Labute approximate surface area is 167 Å². The fraction of sp³-hybridized carbons (Fsp3) is 0.286. The quantitative estimate of drug-likeness (QED) is 0.436. The molecule has 2 aromatic carbocycles. The topological polar surface area (TPSA) is 86.3 Å². The molecule has 0 atom stereocenters. The molecule has 0 unspecified atom stereocenters. The Morgan fingerprint density at radius 2 is 1.68 bits per heavy atom. The molecule has 0 saturated carbocycles. The van der Waals surface area contributed by atoms with E-state index in [0.29, 0.717) is 6.54 Å². The average molecular weight is 405 g/mol. The highest BCUT2D eigenvalue weighted by molar-refractivity contribution is 7.85. The fourth-order valence-corrected chi connectivity index (χ4v) is 2.89. The van der Waals surface area contributed by atoms with Crippen molar-refractivity contribution in [1.29, 1.82) is 0 Å². The number of hydrogen-bond acceptors (Lipinski definition) is 4. The van der Waals surface area contributed by atoms with Crippen LogP contribution < -0.4 is 5.32 Å². The van der Waals surface area contributed by atoms with E-state index in [-0.39, 0.29) is 10.8 Å². The van der Waals surface area contributed by atoms with Gasteiger partial charge in [0.15, 0.2) is 0 Å². The summed E-state index contributed by atoms with van der Waals surface area (Å²) in [6.45, 7) is 7.78. The smallest absolute Gasteiger partial charge is 0.243 e. The Kier molecular flexibility index (Phi) is 9.05. The van der Waals surface area contributed by atoms with E-state index in [1.54, 1.807) is 12.1 Å². The summed E-state index contributed by atoms with van der Waals surface area (Å²) in [5, 5.41) is 2.80. The van der Waals surface area contributed by atoms with Gasteiger partial charge in [0.1, 0.15) is 16.7 Å². The maximum absolute atomic E-state index is 11.0. The maximum atomic E-state index is 11.0. The van der Waals surface area contributed by atoms with Gasteiger partial charge in [0.05, 0.1) is 32.1 Å². The second-order valence-corrected chi connectivity index (χ2v) is 8.45. The lowest BCUT2D eigenvalue weighted by Gasteiger charge is -2.29. The first-order valence-corrected chi connectivity index (χ1v) is 10.2. The van der Waals surface area contributed by atoms with Gasteiger partial charge in [-0.15, -0.1) is 0 Å². The minimum absolute atomic E-state index is 0.107. The number of nitrogens with one attached hydrogen (secondary N) is 1. The molecule has 152 valence electrons. The van der Waals surface area contributed by atoms with E-state index in [0.717, 1.165) is 23.1 Å². The fourth-order valence-electron chi connectivity index (χ4n) is 2.42. The molecule has 0 fully saturated rings. The van der Waals surface area contributed by atoms with Crippen LogP contribution in [0.4, 0.5) is 0 Å². The van der Waals surface area contributed by atoms with E-state index < -0.39 is 10.1 Å². The van der Waals surface area contributed by atoms with Gasteiger partial charge in [-0.25, -0.2) is 8.42 Å². The Hall–Kier alpha value is -2.48. The molecule has 0 heterocycles. The molecule has 2 rings (SSSR count). The Morgan fingerprint density at radius 1 is 1.11 bits per heavy atom. The summed E-state index contributed by atoms with van der Waals surface area (Å²) in [5.74, 6) is -0.107. The normalized spacial score (nSPS) is 11.1. The van der Waals surface area contributed by atoms with Gasteiger partial charge >= 0.3 is 0 Å². The van der Waals surface area contributed by atoms with Gasteiger partial charge in [-0.05, 0) is 25.1 Å². The van der Waals surface area contributed by atoms with Crippen LogP contribution in [0, 0.1) is 6.92 Å². The molecule has 0 aliphatic rings. The Balaban J connectivity index is 0.000000307. The van der Waals surface area contributed by atoms with Gasteiger partial charge in [-0.2, -0.15) is 0 Å². The van der Waals surface area contributed by atoms with Crippen LogP contribution in [-0.4, -0.2) is 50.5 Å². The second kappa shape index (κ2) is 10.8. The summed E-state index contributed by atoms with van der Waals surface area (Å²) in [6.07, 6.45) is 1.30. The lowest BCUT2D eigenvalue weighted by molar-refractivity contribution is -0.902. The van der Waals surface area contributed by atoms with Gasteiger partial charge in [0.2, 0.25) is 5.91 Å². The molecule has 0 spiro atoms. The molecule has 1 amide bonds. The van der Waals surface area contributed by atoms with Crippen molar-refractivity contribution in [3.63, 3.8) is 0 Å². The first-order chi connectivity index (χ1) is 13.0. The molecule has 1 N–H and O–H groups in total. The number of carbonyl (C=O) groups excluding carboxylic acids is 1. The van der Waals surface area contributed by atoms with Crippen molar-refractivity contribution in [3.05, 3.63) is 78.4 Å². The molecular weight excluding hydrogens is 376 g/mol. The zero-order valence-corrected chi connectivity index (χ0v) is 17.4. The zero-order chi connectivity index (χ0) is 21.2. The van der Waals surface area contributed by atoms with Crippen LogP contribution in [0.1, 0.15) is 11.1 Å². The van der Waals surface area contributed by atoms with Crippen LogP contribution in [0.2, 0.25) is 0 Å². The highest BCUT2D eigenvalue weighted by Gasteiger charge is 2.15. The van der Waals surface area contributed by atoms with E-state index in [1.165, 1.54) is 23.8 Å². The van der Waals surface area contributed by atoms with Crippen molar-refractivity contribution in [3.8, 4) is 0 Å². The zero-order valence-electron chi connectivity index (χ0n) is 16.6. The third-order valence-electron chi connectivity index (χ3n) is 3.96. The van der Waals surface area contributed by atoms with Crippen LogP contribution in [0.3, 0.4) is 0 Å². The summed E-state index contributed by atoms with van der Waals surface area (Å²) in [7, 11) is 0.0500. The molecule has 0 saturated heterocycles. The molecule has 7 heteroatoms. The van der Waals surface area contributed by atoms with E-state index >= 15 is 0 Å². The van der Waals surface area contributed by atoms with Crippen molar-refractivity contribution in [2.75, 3.05) is 27.2 Å². The molecule has 6 nitrogen and oxygen atoms in total. The standard InChI is InChI=1S/C14H20N2O.C7H8O3S/c1-4-14(17)15-10-11-16(2,3)12-13-8-6-5-7-9-13;1-6-2-4-7(5-3-6)11(8,9)10/h4-9H,1,10-12H2,2-3H3;2-5H,1H3,(H,8,9,10). The van der Waals surface area contributed by atoms with Crippen molar-refractivity contribution >= 4 is 16.0 Å². The molecule has 0 aliphatic heterocycles. The number of benzene rings is 2.